The first-order chi connectivity index (χ1) is 12.8. The number of aliphatic hydroxyl groups excluding tert-OH is 1. The van der Waals surface area contributed by atoms with Gasteiger partial charge in [0.1, 0.15) is 5.75 Å². The van der Waals surface area contributed by atoms with Crippen LogP contribution in [0.1, 0.15) is 21.5 Å². The van der Waals surface area contributed by atoms with E-state index in [1.807, 2.05) is 24.3 Å². The molecule has 0 saturated heterocycles. The van der Waals surface area contributed by atoms with Crippen molar-refractivity contribution in [2.75, 3.05) is 6.54 Å². The summed E-state index contributed by atoms with van der Waals surface area (Å²) in [6.07, 6.45) is -5.19. The second kappa shape index (κ2) is 7.98. The molecule has 0 aliphatic carbocycles. The molecule has 1 heterocycles. The molecule has 1 aliphatic rings. The van der Waals surface area contributed by atoms with Gasteiger partial charge in [0.15, 0.2) is 0 Å². The van der Waals surface area contributed by atoms with Crippen molar-refractivity contribution in [3.8, 4) is 5.75 Å². The molecule has 0 aromatic heterocycles. The van der Waals surface area contributed by atoms with E-state index in [2.05, 4.69) is 15.4 Å². The molecule has 5 nitrogen and oxygen atoms in total. The van der Waals surface area contributed by atoms with Gasteiger partial charge >= 0.3 is 6.36 Å². The lowest BCUT2D eigenvalue weighted by atomic mass is 9.93. The van der Waals surface area contributed by atoms with Crippen LogP contribution in [0.2, 0.25) is 0 Å². The van der Waals surface area contributed by atoms with Gasteiger partial charge in [-0.05, 0) is 29.7 Å². The van der Waals surface area contributed by atoms with Crippen LogP contribution in [0.3, 0.4) is 0 Å². The van der Waals surface area contributed by atoms with Crippen molar-refractivity contribution in [2.24, 2.45) is 0 Å². The molecule has 1 aliphatic heterocycles. The smallest absolute Gasteiger partial charge is 0.405 e. The molecule has 2 atom stereocenters. The first kappa shape index (κ1) is 19.2. The summed E-state index contributed by atoms with van der Waals surface area (Å²) in [7, 11) is 0. The average molecular weight is 380 g/mol. The number of aliphatic hydroxyl groups is 1. The second-order valence-corrected chi connectivity index (χ2v) is 6.28. The Bertz CT molecular complexity index is 811. The zero-order valence-corrected chi connectivity index (χ0v) is 14.3. The standard InChI is InChI=1S/C19H19F3N2O3/c20-19(21,22)27-17-8-4-3-7-14(17)18(26)24-11-16(25)15-9-12-5-1-2-6-13(12)10-23-15/h1-8,15-16,23,25H,9-11H2,(H,24,26)/t15-,16+/m0/s1. The number of ether oxygens (including phenoxy) is 1. The third kappa shape index (κ3) is 4.99. The van der Waals surface area contributed by atoms with Gasteiger partial charge in [-0.25, -0.2) is 0 Å². The fourth-order valence-corrected chi connectivity index (χ4v) is 3.05. The molecule has 2 aromatic carbocycles. The van der Waals surface area contributed by atoms with Crippen LogP contribution in [0.5, 0.6) is 5.75 Å². The maximum absolute atomic E-state index is 12.5. The number of halogens is 3. The van der Waals surface area contributed by atoms with Crippen LogP contribution in [-0.4, -0.2) is 36.1 Å². The van der Waals surface area contributed by atoms with E-state index in [0.717, 1.165) is 17.2 Å². The highest BCUT2D eigenvalue weighted by Gasteiger charge is 2.33. The highest BCUT2D eigenvalue weighted by molar-refractivity contribution is 5.96. The minimum atomic E-state index is -4.89. The molecule has 1 amide bonds. The van der Waals surface area contributed by atoms with Crippen molar-refractivity contribution in [1.29, 1.82) is 0 Å². The first-order valence-corrected chi connectivity index (χ1v) is 8.44. The van der Waals surface area contributed by atoms with E-state index in [1.54, 1.807) is 0 Å². The Hall–Kier alpha value is -2.58. The van der Waals surface area contributed by atoms with Gasteiger partial charge in [-0.15, -0.1) is 13.2 Å². The lowest BCUT2D eigenvalue weighted by Crippen LogP contribution is -2.49. The van der Waals surface area contributed by atoms with E-state index >= 15 is 0 Å². The van der Waals surface area contributed by atoms with Crippen LogP contribution >= 0.6 is 0 Å². The van der Waals surface area contributed by atoms with E-state index in [1.165, 1.54) is 18.2 Å². The first-order valence-electron chi connectivity index (χ1n) is 8.44. The van der Waals surface area contributed by atoms with Gasteiger partial charge in [-0.3, -0.25) is 4.79 Å². The van der Waals surface area contributed by atoms with E-state index in [9.17, 15) is 23.1 Å². The molecule has 0 radical (unpaired) electrons. The van der Waals surface area contributed by atoms with Gasteiger partial charge in [-0.2, -0.15) is 0 Å². The maximum atomic E-state index is 12.5. The fourth-order valence-electron chi connectivity index (χ4n) is 3.05. The lowest BCUT2D eigenvalue weighted by Gasteiger charge is -2.30. The Morgan fingerprint density at radius 1 is 1.19 bits per heavy atom. The number of benzene rings is 2. The second-order valence-electron chi connectivity index (χ2n) is 6.28. The number of rotatable bonds is 5. The van der Waals surface area contributed by atoms with Crippen molar-refractivity contribution < 1.29 is 27.8 Å². The highest BCUT2D eigenvalue weighted by atomic mass is 19.4. The number of carbonyl (C=O) groups is 1. The van der Waals surface area contributed by atoms with Gasteiger partial charge in [0.25, 0.3) is 5.91 Å². The van der Waals surface area contributed by atoms with Gasteiger partial charge in [-0.1, -0.05) is 36.4 Å². The van der Waals surface area contributed by atoms with Gasteiger partial charge in [0.2, 0.25) is 0 Å². The van der Waals surface area contributed by atoms with Gasteiger partial charge < -0.3 is 20.5 Å². The molecule has 8 heteroatoms. The molecule has 2 aromatic rings. The quantitative estimate of drug-likeness (QED) is 0.745. The third-order valence-electron chi connectivity index (χ3n) is 4.41. The fraction of sp³-hybridized carbons (Fsp3) is 0.316. The number of carbonyl (C=O) groups excluding carboxylic acids is 1. The molecule has 0 spiro atoms. The Morgan fingerprint density at radius 3 is 2.59 bits per heavy atom. The summed E-state index contributed by atoms with van der Waals surface area (Å²) < 4.78 is 41.3. The van der Waals surface area contributed by atoms with Crippen molar-refractivity contribution in [3.63, 3.8) is 0 Å². The topological polar surface area (TPSA) is 70.6 Å². The average Bonchev–Trinajstić information content (AvgIpc) is 2.64. The summed E-state index contributed by atoms with van der Waals surface area (Å²) in [5, 5.41) is 16.0. The molecule has 0 unspecified atom stereocenters. The maximum Gasteiger partial charge on any atom is 0.573 e. The predicted molar refractivity (Wildman–Crippen MR) is 92.2 cm³/mol. The largest absolute Gasteiger partial charge is 0.573 e. The van der Waals surface area contributed by atoms with Crippen molar-refractivity contribution in [2.45, 2.75) is 31.5 Å². The SMILES string of the molecule is O=C(NC[C@@H](O)[C@@H]1Cc2ccccc2CN1)c1ccccc1OC(F)(F)F. The minimum Gasteiger partial charge on any atom is -0.405 e. The summed E-state index contributed by atoms with van der Waals surface area (Å²) in [4.78, 5) is 12.2. The zero-order valence-electron chi connectivity index (χ0n) is 14.3. The number of fused-ring (bicyclic) bond motifs is 1. The van der Waals surface area contributed by atoms with Gasteiger partial charge in [0, 0.05) is 19.1 Å². The molecule has 3 rings (SSSR count). The van der Waals surface area contributed by atoms with E-state index in [-0.39, 0.29) is 18.2 Å². The highest BCUT2D eigenvalue weighted by Crippen LogP contribution is 2.26. The molecule has 0 bridgehead atoms. The summed E-state index contributed by atoms with van der Waals surface area (Å²) in [6, 6.07) is 12.7. The van der Waals surface area contributed by atoms with E-state index in [0.29, 0.717) is 13.0 Å². The number of hydrogen-bond donors (Lipinski definition) is 3. The normalized spacial score (nSPS) is 17.7. The van der Waals surface area contributed by atoms with Crippen LogP contribution in [-0.2, 0) is 13.0 Å². The number of amides is 1. The molecule has 0 fully saturated rings. The van der Waals surface area contributed by atoms with Gasteiger partial charge in [0.05, 0.1) is 11.7 Å². The number of hydrogen-bond acceptors (Lipinski definition) is 4. The number of alkyl halides is 3. The lowest BCUT2D eigenvalue weighted by molar-refractivity contribution is -0.274. The van der Waals surface area contributed by atoms with Crippen molar-refractivity contribution in [1.82, 2.24) is 10.6 Å². The Labute approximate surface area is 154 Å². The van der Waals surface area contributed by atoms with Crippen molar-refractivity contribution >= 4 is 5.91 Å². The van der Waals surface area contributed by atoms with Crippen LogP contribution in [0, 0.1) is 0 Å². The molecule has 3 N–H and O–H groups in total. The number of nitrogens with one attached hydrogen (secondary N) is 2. The summed E-state index contributed by atoms with van der Waals surface area (Å²) in [6.45, 7) is 0.507. The van der Waals surface area contributed by atoms with Crippen LogP contribution in [0.25, 0.3) is 0 Å². The van der Waals surface area contributed by atoms with Crippen LogP contribution in [0.15, 0.2) is 48.5 Å². The van der Waals surface area contributed by atoms with Crippen LogP contribution in [0.4, 0.5) is 13.2 Å². The molecule has 144 valence electrons. The van der Waals surface area contributed by atoms with Crippen LogP contribution < -0.4 is 15.4 Å². The molecule has 0 saturated carbocycles. The summed E-state index contributed by atoms with van der Waals surface area (Å²) >= 11 is 0. The number of para-hydroxylation sites is 1. The Kier molecular flexibility index (Phi) is 5.67. The monoisotopic (exact) mass is 380 g/mol. The Morgan fingerprint density at radius 2 is 1.85 bits per heavy atom. The van der Waals surface area contributed by atoms with E-state index in [4.69, 9.17) is 0 Å². The Balaban J connectivity index is 1.60. The van der Waals surface area contributed by atoms with Crippen molar-refractivity contribution in [3.05, 3.63) is 65.2 Å². The minimum absolute atomic E-state index is 0.0982. The predicted octanol–water partition coefficient (Wildman–Crippen LogP) is 2.39. The summed E-state index contributed by atoms with van der Waals surface area (Å²) in [5.74, 6) is -1.33. The van der Waals surface area contributed by atoms with E-state index < -0.39 is 24.1 Å². The zero-order chi connectivity index (χ0) is 19.4. The molecular formula is C19H19F3N2O3. The third-order valence-corrected chi connectivity index (χ3v) is 4.41. The summed E-state index contributed by atoms with van der Waals surface area (Å²) in [5.41, 5.74) is 2.03. The molecular weight excluding hydrogens is 361 g/mol. The molecule has 27 heavy (non-hydrogen) atoms.